The predicted octanol–water partition coefficient (Wildman–Crippen LogP) is 4.85. The summed E-state index contributed by atoms with van der Waals surface area (Å²) in [6, 6.07) is 10.8. The molecule has 2 bridgehead atoms. The average Bonchev–Trinajstić information content (AvgIpc) is 3.59. The number of hydrogen-bond acceptors (Lipinski definition) is 5. The molecule has 198 valence electrons. The van der Waals surface area contributed by atoms with Crippen LogP contribution in [0.25, 0.3) is 0 Å². The number of hydrogen-bond donors (Lipinski definition) is 0. The summed E-state index contributed by atoms with van der Waals surface area (Å²) in [5, 5.41) is 0. The second-order valence-electron chi connectivity index (χ2n) is 11.1. The Labute approximate surface area is 238 Å². The van der Waals surface area contributed by atoms with Crippen LogP contribution >= 0.6 is 31.9 Å². The van der Waals surface area contributed by atoms with E-state index in [1.54, 1.807) is 30.0 Å². The number of imide groups is 1. The molecule has 4 aliphatic rings. The second-order valence-corrected chi connectivity index (χ2v) is 13.2. The quantitative estimate of drug-likeness (QED) is 0.206. The van der Waals surface area contributed by atoms with Crippen molar-refractivity contribution in [1.82, 2.24) is 0 Å². The Balaban J connectivity index is 1.16. The third-order valence-electron chi connectivity index (χ3n) is 8.88. The zero-order valence-electron chi connectivity index (χ0n) is 21.3. The van der Waals surface area contributed by atoms with E-state index in [1.807, 2.05) is 32.0 Å². The number of alkyl halides is 2. The van der Waals surface area contributed by atoms with Crippen LogP contribution < -0.4 is 14.5 Å². The number of amides is 3. The van der Waals surface area contributed by atoms with Crippen LogP contribution in [0, 0.1) is 50.4 Å². The highest BCUT2D eigenvalue weighted by molar-refractivity contribution is 9.12. The van der Waals surface area contributed by atoms with E-state index in [9.17, 15) is 19.2 Å². The molecule has 2 heterocycles. The first kappa shape index (κ1) is 25.7. The molecule has 2 saturated heterocycles. The van der Waals surface area contributed by atoms with Crippen molar-refractivity contribution >= 4 is 66.9 Å². The summed E-state index contributed by atoms with van der Waals surface area (Å²) in [4.78, 5) is 55.7. The summed E-state index contributed by atoms with van der Waals surface area (Å²) >= 11 is 7.44. The molecule has 3 amide bonds. The van der Waals surface area contributed by atoms with Crippen molar-refractivity contribution in [1.29, 1.82) is 0 Å². The second kappa shape index (κ2) is 9.30. The van der Waals surface area contributed by atoms with Gasteiger partial charge in [0.15, 0.2) is 0 Å². The number of esters is 1. The van der Waals surface area contributed by atoms with Gasteiger partial charge in [-0.15, -0.1) is 0 Å². The minimum absolute atomic E-state index is 0.0911. The van der Waals surface area contributed by atoms with Crippen molar-refractivity contribution < 1.29 is 23.9 Å². The van der Waals surface area contributed by atoms with Crippen LogP contribution in [0.5, 0.6) is 5.75 Å². The molecule has 0 spiro atoms. The first-order valence-corrected chi connectivity index (χ1v) is 14.8. The number of halogens is 2. The molecule has 2 aromatic rings. The minimum atomic E-state index is -0.574. The molecule has 4 fully saturated rings. The number of carbonyl (C=O) groups excluding carboxylic acids is 4. The molecule has 2 aromatic carbocycles. The molecule has 0 radical (unpaired) electrons. The first-order valence-electron chi connectivity index (χ1n) is 12.9. The number of fused-ring (bicyclic) bond motifs is 5. The number of ether oxygens (including phenoxy) is 1. The monoisotopic (exact) mass is 642 g/mol. The summed E-state index contributed by atoms with van der Waals surface area (Å²) < 4.78 is 5.65. The van der Waals surface area contributed by atoms with Gasteiger partial charge in [-0.25, -0.2) is 4.90 Å². The van der Waals surface area contributed by atoms with E-state index in [4.69, 9.17) is 4.74 Å². The fourth-order valence-electron chi connectivity index (χ4n) is 6.74. The van der Waals surface area contributed by atoms with Crippen molar-refractivity contribution in [3.05, 3.63) is 53.1 Å². The van der Waals surface area contributed by atoms with Gasteiger partial charge >= 0.3 is 5.97 Å². The van der Waals surface area contributed by atoms with Gasteiger partial charge in [0.2, 0.25) is 17.7 Å². The molecule has 2 aliphatic heterocycles. The predicted molar refractivity (Wildman–Crippen MR) is 150 cm³/mol. The van der Waals surface area contributed by atoms with E-state index < -0.39 is 11.9 Å². The SMILES string of the molecule is Cc1ccc(N2C[C@H](C(=O)Oc3ccc(N4C(=O)[C@@H]5[C@H]6C[C@@H]([C@H](Br)[C@H]6Br)[C@H]5C4=O)c(C)c3)CC2=O)cc1C. The van der Waals surface area contributed by atoms with Gasteiger partial charge in [0, 0.05) is 28.3 Å². The third kappa shape index (κ3) is 3.87. The summed E-state index contributed by atoms with van der Waals surface area (Å²) in [7, 11) is 0. The van der Waals surface area contributed by atoms with Crippen LogP contribution in [-0.2, 0) is 19.2 Å². The van der Waals surface area contributed by atoms with Crippen LogP contribution in [0.3, 0.4) is 0 Å². The van der Waals surface area contributed by atoms with E-state index >= 15 is 0 Å². The number of benzene rings is 2. The number of carbonyl (C=O) groups is 4. The lowest BCUT2D eigenvalue weighted by Gasteiger charge is -2.28. The standard InChI is InChI=1S/C29H28Br2N2O5/c1-13-4-5-17(8-14(13)2)32-12-16(10-22(32)34)29(37)38-18-6-7-21(15(3)9-18)33-27(35)23-19-11-20(24(23)28(33)36)26(31)25(19)30/h4-9,16,19-20,23-26H,10-12H2,1-3H3/t16-,19-,20-,23-,24-,25+,26+/m1/s1. The van der Waals surface area contributed by atoms with Crippen LogP contribution in [0.15, 0.2) is 36.4 Å². The molecule has 0 aromatic heterocycles. The highest BCUT2D eigenvalue weighted by Gasteiger charge is 2.66. The Kier molecular flexibility index (Phi) is 6.30. The lowest BCUT2D eigenvalue weighted by molar-refractivity contribution is -0.139. The van der Waals surface area contributed by atoms with Crippen LogP contribution in [0.1, 0.15) is 29.5 Å². The Hall–Kier alpha value is -2.52. The van der Waals surface area contributed by atoms with Crippen molar-refractivity contribution in [3.8, 4) is 5.75 Å². The van der Waals surface area contributed by atoms with E-state index in [0.29, 0.717) is 17.0 Å². The maximum absolute atomic E-state index is 13.4. The zero-order valence-corrected chi connectivity index (χ0v) is 24.5. The normalized spacial score (nSPS) is 31.9. The molecule has 2 saturated carbocycles. The van der Waals surface area contributed by atoms with Crippen molar-refractivity contribution in [2.75, 3.05) is 16.3 Å². The highest BCUT2D eigenvalue weighted by Crippen LogP contribution is 2.60. The minimum Gasteiger partial charge on any atom is -0.426 e. The molecule has 38 heavy (non-hydrogen) atoms. The lowest BCUT2D eigenvalue weighted by Crippen LogP contribution is -2.37. The molecule has 2 aliphatic carbocycles. The largest absolute Gasteiger partial charge is 0.426 e. The summed E-state index contributed by atoms with van der Waals surface area (Å²) in [5.41, 5.74) is 4.21. The number of anilines is 2. The summed E-state index contributed by atoms with van der Waals surface area (Å²) in [6.45, 7) is 6.08. The number of aryl methyl sites for hydroxylation is 3. The average molecular weight is 644 g/mol. The van der Waals surface area contributed by atoms with Crippen molar-refractivity contribution in [2.24, 2.45) is 29.6 Å². The molecule has 0 N–H and O–H groups in total. The Morgan fingerprint density at radius 3 is 2.13 bits per heavy atom. The number of rotatable bonds is 4. The lowest BCUT2D eigenvalue weighted by atomic mass is 9.81. The van der Waals surface area contributed by atoms with E-state index in [0.717, 1.165) is 23.2 Å². The molecule has 7 nitrogen and oxygen atoms in total. The Morgan fingerprint density at radius 1 is 0.868 bits per heavy atom. The van der Waals surface area contributed by atoms with Crippen LogP contribution in [0.2, 0.25) is 0 Å². The summed E-state index contributed by atoms with van der Waals surface area (Å²) in [5.74, 6) is -1.39. The van der Waals surface area contributed by atoms with Crippen molar-refractivity contribution in [2.45, 2.75) is 43.3 Å². The topological polar surface area (TPSA) is 84.0 Å². The molecule has 7 atom stereocenters. The molecular weight excluding hydrogens is 616 g/mol. The fourth-order valence-corrected chi connectivity index (χ4v) is 8.61. The van der Waals surface area contributed by atoms with Gasteiger partial charge < -0.3 is 9.64 Å². The van der Waals surface area contributed by atoms with Crippen LogP contribution in [0.4, 0.5) is 11.4 Å². The van der Waals surface area contributed by atoms with E-state index in [-0.39, 0.29) is 64.0 Å². The molecule has 0 unspecified atom stereocenters. The van der Waals surface area contributed by atoms with Crippen LogP contribution in [-0.4, -0.2) is 39.9 Å². The first-order chi connectivity index (χ1) is 18.1. The van der Waals surface area contributed by atoms with Gasteiger partial charge in [-0.05, 0) is 86.1 Å². The van der Waals surface area contributed by atoms with Crippen molar-refractivity contribution in [3.63, 3.8) is 0 Å². The fraction of sp³-hybridized carbons (Fsp3) is 0.448. The number of nitrogens with zero attached hydrogens (tertiary/aromatic N) is 2. The van der Waals surface area contributed by atoms with E-state index in [1.165, 1.54) is 4.90 Å². The Bertz CT molecular complexity index is 1360. The Morgan fingerprint density at radius 2 is 1.53 bits per heavy atom. The van der Waals surface area contributed by atoms with Gasteiger partial charge in [-0.1, -0.05) is 37.9 Å². The van der Waals surface area contributed by atoms with Gasteiger partial charge in [0.1, 0.15) is 5.75 Å². The zero-order chi connectivity index (χ0) is 27.0. The van der Waals surface area contributed by atoms with Gasteiger partial charge in [-0.2, -0.15) is 0 Å². The molecule has 9 heteroatoms. The van der Waals surface area contributed by atoms with Gasteiger partial charge in [0.25, 0.3) is 0 Å². The van der Waals surface area contributed by atoms with Gasteiger partial charge in [-0.3, -0.25) is 19.2 Å². The maximum atomic E-state index is 13.4. The summed E-state index contributed by atoms with van der Waals surface area (Å²) in [6.07, 6.45) is 0.971. The van der Waals surface area contributed by atoms with E-state index in [2.05, 4.69) is 31.9 Å². The smallest absolute Gasteiger partial charge is 0.316 e. The maximum Gasteiger partial charge on any atom is 0.316 e. The highest BCUT2D eigenvalue weighted by atomic mass is 79.9. The third-order valence-corrected chi connectivity index (χ3v) is 12.1. The van der Waals surface area contributed by atoms with Gasteiger partial charge in [0.05, 0.1) is 23.4 Å². The molecular formula is C29H28Br2N2O5. The molecule has 6 rings (SSSR count).